The van der Waals surface area contributed by atoms with Crippen molar-refractivity contribution in [2.45, 2.75) is 52.6 Å². The van der Waals surface area contributed by atoms with Crippen LogP contribution in [0.15, 0.2) is 48.5 Å². The van der Waals surface area contributed by atoms with E-state index in [9.17, 15) is 9.59 Å². The summed E-state index contributed by atoms with van der Waals surface area (Å²) in [7, 11) is 0. The van der Waals surface area contributed by atoms with Gasteiger partial charge in [0.25, 0.3) is 0 Å². The maximum Gasteiger partial charge on any atom is 0.225 e. The Hall–Kier alpha value is -2.62. The van der Waals surface area contributed by atoms with E-state index in [1.807, 2.05) is 30.0 Å². The van der Waals surface area contributed by atoms with Crippen LogP contribution in [0, 0.1) is 12.8 Å². The molecule has 1 fully saturated rings. The largest absolute Gasteiger partial charge is 0.352 e. The van der Waals surface area contributed by atoms with Crippen molar-refractivity contribution in [2.75, 3.05) is 6.54 Å². The van der Waals surface area contributed by atoms with E-state index in [2.05, 4.69) is 42.6 Å². The van der Waals surface area contributed by atoms with Crippen LogP contribution in [-0.4, -0.2) is 23.3 Å². The molecule has 2 aromatic rings. The van der Waals surface area contributed by atoms with Gasteiger partial charge in [-0.1, -0.05) is 61.0 Å². The smallest absolute Gasteiger partial charge is 0.225 e. The first-order valence-corrected chi connectivity index (χ1v) is 10.2. The second-order valence-corrected chi connectivity index (χ2v) is 7.76. The Morgan fingerprint density at radius 2 is 1.82 bits per heavy atom. The summed E-state index contributed by atoms with van der Waals surface area (Å²) in [6.45, 7) is 6.79. The minimum Gasteiger partial charge on any atom is -0.352 e. The van der Waals surface area contributed by atoms with Crippen molar-refractivity contribution in [1.29, 1.82) is 0 Å². The summed E-state index contributed by atoms with van der Waals surface area (Å²) >= 11 is 0. The minimum atomic E-state index is -0.153. The molecule has 2 atom stereocenters. The quantitative estimate of drug-likeness (QED) is 0.849. The van der Waals surface area contributed by atoms with Crippen LogP contribution in [-0.2, 0) is 22.6 Å². The molecule has 28 heavy (non-hydrogen) atoms. The van der Waals surface area contributed by atoms with Crippen molar-refractivity contribution in [2.24, 2.45) is 5.92 Å². The topological polar surface area (TPSA) is 49.4 Å². The fraction of sp³-hybridized carbons (Fsp3) is 0.417. The van der Waals surface area contributed by atoms with Gasteiger partial charge in [0.2, 0.25) is 11.8 Å². The van der Waals surface area contributed by atoms with Crippen molar-refractivity contribution < 1.29 is 9.59 Å². The maximum absolute atomic E-state index is 12.7. The van der Waals surface area contributed by atoms with E-state index in [-0.39, 0.29) is 23.8 Å². The standard InChI is InChI=1S/C24H30N2O2/c1-4-19-8-10-21(11-9-19)23-13-12-22(16-26(23)18(3)27)24(28)25-15-20-7-5-6-17(2)14-20/h5-11,14,22-23H,4,12-13,15-16H2,1-3H3,(H,25,28)/t22-,23+/m0/s1. The molecule has 4 nitrogen and oxygen atoms in total. The van der Waals surface area contributed by atoms with Crippen LogP contribution in [0.3, 0.4) is 0 Å². The van der Waals surface area contributed by atoms with E-state index in [4.69, 9.17) is 0 Å². The lowest BCUT2D eigenvalue weighted by Crippen LogP contribution is -2.46. The lowest BCUT2D eigenvalue weighted by molar-refractivity contribution is -0.137. The number of aryl methyl sites for hydroxylation is 2. The second kappa shape index (κ2) is 9.05. The van der Waals surface area contributed by atoms with E-state index in [1.165, 1.54) is 11.1 Å². The van der Waals surface area contributed by atoms with E-state index in [0.717, 1.165) is 30.4 Å². The molecule has 0 radical (unpaired) electrons. The number of likely N-dealkylation sites (tertiary alicyclic amines) is 1. The van der Waals surface area contributed by atoms with E-state index in [0.29, 0.717) is 13.1 Å². The zero-order chi connectivity index (χ0) is 20.1. The number of nitrogens with one attached hydrogen (secondary N) is 1. The predicted molar refractivity (Wildman–Crippen MR) is 112 cm³/mol. The molecule has 0 unspecified atom stereocenters. The highest BCUT2D eigenvalue weighted by atomic mass is 16.2. The molecule has 3 rings (SSSR count). The summed E-state index contributed by atoms with van der Waals surface area (Å²) in [5, 5.41) is 3.05. The van der Waals surface area contributed by atoms with Crippen molar-refractivity contribution in [3.63, 3.8) is 0 Å². The van der Waals surface area contributed by atoms with Crippen LogP contribution in [0.5, 0.6) is 0 Å². The van der Waals surface area contributed by atoms with Gasteiger partial charge in [0.15, 0.2) is 0 Å². The lowest BCUT2D eigenvalue weighted by Gasteiger charge is -2.39. The highest BCUT2D eigenvalue weighted by molar-refractivity contribution is 5.81. The number of nitrogens with zero attached hydrogens (tertiary/aromatic N) is 1. The predicted octanol–water partition coefficient (Wildman–Crippen LogP) is 4.17. The van der Waals surface area contributed by atoms with Gasteiger partial charge < -0.3 is 10.2 Å². The van der Waals surface area contributed by atoms with Gasteiger partial charge in [0.1, 0.15) is 0 Å². The first kappa shape index (κ1) is 20.1. The summed E-state index contributed by atoms with van der Waals surface area (Å²) in [5.41, 5.74) is 4.74. The molecule has 1 N–H and O–H groups in total. The van der Waals surface area contributed by atoms with Gasteiger partial charge in [-0.25, -0.2) is 0 Å². The fourth-order valence-electron chi connectivity index (χ4n) is 4.01. The zero-order valence-corrected chi connectivity index (χ0v) is 17.1. The number of piperidine rings is 1. The summed E-state index contributed by atoms with van der Waals surface area (Å²) < 4.78 is 0. The Morgan fingerprint density at radius 1 is 1.07 bits per heavy atom. The molecule has 1 aliphatic heterocycles. The van der Waals surface area contributed by atoms with Gasteiger partial charge in [-0.05, 0) is 42.9 Å². The molecule has 0 spiro atoms. The second-order valence-electron chi connectivity index (χ2n) is 7.76. The SMILES string of the molecule is CCc1ccc([C@H]2CC[C@H](C(=O)NCc3cccc(C)c3)CN2C(C)=O)cc1. The lowest BCUT2D eigenvalue weighted by atomic mass is 9.88. The number of amides is 2. The van der Waals surface area contributed by atoms with Crippen LogP contribution >= 0.6 is 0 Å². The average molecular weight is 379 g/mol. The summed E-state index contributed by atoms with van der Waals surface area (Å²) in [4.78, 5) is 26.8. The summed E-state index contributed by atoms with van der Waals surface area (Å²) in [6, 6.07) is 16.7. The van der Waals surface area contributed by atoms with E-state index < -0.39 is 0 Å². The van der Waals surface area contributed by atoms with Crippen LogP contribution < -0.4 is 5.32 Å². The summed E-state index contributed by atoms with van der Waals surface area (Å²) in [6.07, 6.45) is 2.61. The molecular weight excluding hydrogens is 348 g/mol. The third kappa shape index (κ3) is 4.80. The molecule has 2 amide bonds. The van der Waals surface area contributed by atoms with E-state index >= 15 is 0 Å². The molecule has 0 aliphatic carbocycles. The number of carbonyl (C=O) groups is 2. The van der Waals surface area contributed by atoms with Gasteiger partial charge in [0.05, 0.1) is 12.0 Å². The minimum absolute atomic E-state index is 0.0285. The fourth-order valence-corrected chi connectivity index (χ4v) is 4.01. The molecule has 0 bridgehead atoms. The monoisotopic (exact) mass is 378 g/mol. The first-order chi connectivity index (χ1) is 13.5. The first-order valence-electron chi connectivity index (χ1n) is 10.2. The molecular formula is C24H30N2O2. The Labute approximate surface area is 167 Å². The van der Waals surface area contributed by atoms with Crippen molar-refractivity contribution in [3.05, 3.63) is 70.8 Å². The van der Waals surface area contributed by atoms with Gasteiger partial charge in [-0.3, -0.25) is 9.59 Å². The van der Waals surface area contributed by atoms with Gasteiger partial charge in [-0.2, -0.15) is 0 Å². The van der Waals surface area contributed by atoms with E-state index in [1.54, 1.807) is 6.92 Å². The highest BCUT2D eigenvalue weighted by Gasteiger charge is 2.34. The number of carbonyl (C=O) groups excluding carboxylic acids is 2. The van der Waals surface area contributed by atoms with Gasteiger partial charge in [0, 0.05) is 20.0 Å². The number of hydrogen-bond acceptors (Lipinski definition) is 2. The average Bonchev–Trinajstić information content (AvgIpc) is 2.71. The van der Waals surface area contributed by atoms with Crippen molar-refractivity contribution >= 4 is 11.8 Å². The Balaban J connectivity index is 1.64. The number of rotatable bonds is 5. The molecule has 2 aromatic carbocycles. The van der Waals surface area contributed by atoms with Crippen LogP contribution in [0.1, 0.15) is 55.0 Å². The molecule has 0 aromatic heterocycles. The maximum atomic E-state index is 12.7. The molecule has 1 saturated heterocycles. The zero-order valence-electron chi connectivity index (χ0n) is 17.1. The normalized spacial score (nSPS) is 19.3. The molecule has 4 heteroatoms. The van der Waals surface area contributed by atoms with Gasteiger partial charge >= 0.3 is 0 Å². The van der Waals surface area contributed by atoms with Crippen LogP contribution in [0.25, 0.3) is 0 Å². The molecule has 148 valence electrons. The van der Waals surface area contributed by atoms with Crippen molar-refractivity contribution in [1.82, 2.24) is 10.2 Å². The Morgan fingerprint density at radius 3 is 2.46 bits per heavy atom. The van der Waals surface area contributed by atoms with Gasteiger partial charge in [-0.15, -0.1) is 0 Å². The third-order valence-electron chi connectivity index (χ3n) is 5.68. The van der Waals surface area contributed by atoms with Crippen LogP contribution in [0.4, 0.5) is 0 Å². The number of benzene rings is 2. The molecule has 0 saturated carbocycles. The van der Waals surface area contributed by atoms with Crippen molar-refractivity contribution in [3.8, 4) is 0 Å². The Kier molecular flexibility index (Phi) is 6.50. The Bertz CT molecular complexity index is 829. The highest BCUT2D eigenvalue weighted by Crippen LogP contribution is 2.33. The molecule has 1 heterocycles. The van der Waals surface area contributed by atoms with Crippen LogP contribution in [0.2, 0.25) is 0 Å². The summed E-state index contributed by atoms with van der Waals surface area (Å²) in [5.74, 6) is -0.0897. The number of hydrogen-bond donors (Lipinski definition) is 1. The third-order valence-corrected chi connectivity index (χ3v) is 5.68. The molecule has 1 aliphatic rings.